The molecule has 1 atom stereocenters. The van der Waals surface area contributed by atoms with Crippen LogP contribution in [0.1, 0.15) is 107 Å². The Morgan fingerprint density at radius 2 is 1.60 bits per heavy atom. The molecule has 1 N–H and O–H groups in total. The SMILES string of the molecule is O=S(=O)(CCCCC(F)(F)F)CCCC1CCCN1CCCCCCC1=C(c2ccc(F)cc2F)CCCc2cc(O)ccc21. The molecule has 1 heterocycles. The van der Waals surface area contributed by atoms with E-state index in [1.807, 2.05) is 6.07 Å². The largest absolute Gasteiger partial charge is 0.508 e. The topological polar surface area (TPSA) is 57.6 Å². The molecule has 4 rings (SSSR count). The first-order chi connectivity index (χ1) is 21.4. The molecule has 4 nitrogen and oxygen atoms in total. The number of nitrogens with zero attached hydrogens (tertiary/aromatic N) is 1. The lowest BCUT2D eigenvalue weighted by molar-refractivity contribution is -0.135. The Morgan fingerprint density at radius 1 is 0.844 bits per heavy atom. The fourth-order valence-corrected chi connectivity index (χ4v) is 8.40. The summed E-state index contributed by atoms with van der Waals surface area (Å²) in [6.07, 6.45) is 5.20. The Balaban J connectivity index is 1.24. The van der Waals surface area contributed by atoms with Crippen molar-refractivity contribution in [1.29, 1.82) is 0 Å². The molecule has 2 aliphatic rings. The highest BCUT2D eigenvalue weighted by atomic mass is 32.2. The van der Waals surface area contributed by atoms with Crippen molar-refractivity contribution in [2.75, 3.05) is 24.6 Å². The quantitative estimate of drug-likeness (QED) is 0.145. The van der Waals surface area contributed by atoms with Gasteiger partial charge in [-0.05, 0) is 137 Å². The number of alkyl halides is 3. The van der Waals surface area contributed by atoms with Crippen LogP contribution in [-0.4, -0.2) is 55.2 Å². The first-order valence-electron chi connectivity index (χ1n) is 16.4. The summed E-state index contributed by atoms with van der Waals surface area (Å²) < 4.78 is 90.1. The van der Waals surface area contributed by atoms with Gasteiger partial charge < -0.3 is 10.0 Å². The van der Waals surface area contributed by atoms with Crippen molar-refractivity contribution >= 4 is 21.0 Å². The number of halogens is 5. The van der Waals surface area contributed by atoms with Gasteiger partial charge in [0.05, 0.1) is 11.5 Å². The number of sulfone groups is 1. The van der Waals surface area contributed by atoms with Crippen molar-refractivity contribution < 1.29 is 35.5 Å². The van der Waals surface area contributed by atoms with Gasteiger partial charge in [0.15, 0.2) is 0 Å². The number of allylic oxidation sites excluding steroid dienone is 2. The van der Waals surface area contributed by atoms with Crippen LogP contribution >= 0.6 is 0 Å². The number of phenolic OH excluding ortho intramolecular Hbond substituents is 1. The van der Waals surface area contributed by atoms with Crippen LogP contribution in [0.5, 0.6) is 5.75 Å². The van der Waals surface area contributed by atoms with Gasteiger partial charge in [0, 0.05) is 24.1 Å². The number of hydrogen-bond donors (Lipinski definition) is 1. The third kappa shape index (κ3) is 11.1. The van der Waals surface area contributed by atoms with Crippen molar-refractivity contribution in [3.8, 4) is 5.75 Å². The summed E-state index contributed by atoms with van der Waals surface area (Å²) in [6.45, 7) is 1.95. The number of benzene rings is 2. The van der Waals surface area contributed by atoms with Gasteiger partial charge in [-0.3, -0.25) is 0 Å². The van der Waals surface area contributed by atoms with Crippen LogP contribution in [-0.2, 0) is 16.3 Å². The summed E-state index contributed by atoms with van der Waals surface area (Å²) in [4.78, 5) is 2.45. The first-order valence-corrected chi connectivity index (χ1v) is 18.2. The molecule has 0 radical (unpaired) electrons. The van der Waals surface area contributed by atoms with Gasteiger partial charge in [0.1, 0.15) is 27.2 Å². The highest BCUT2D eigenvalue weighted by molar-refractivity contribution is 7.91. The van der Waals surface area contributed by atoms with Gasteiger partial charge in [-0.2, -0.15) is 13.2 Å². The average Bonchev–Trinajstić information content (AvgIpc) is 3.33. The molecule has 1 fully saturated rings. The summed E-state index contributed by atoms with van der Waals surface area (Å²) >= 11 is 0. The monoisotopic (exact) mass is 655 g/mol. The number of aromatic hydroxyl groups is 1. The van der Waals surface area contributed by atoms with Gasteiger partial charge in [-0.25, -0.2) is 17.2 Å². The van der Waals surface area contributed by atoms with E-state index in [2.05, 4.69) is 4.90 Å². The Kier molecular flexibility index (Phi) is 12.9. The minimum atomic E-state index is -4.24. The molecule has 2 aromatic rings. The average molecular weight is 656 g/mol. The maximum absolute atomic E-state index is 14.9. The van der Waals surface area contributed by atoms with Gasteiger partial charge in [-0.15, -0.1) is 0 Å². The molecule has 0 saturated carbocycles. The minimum absolute atomic E-state index is 0.0335. The van der Waals surface area contributed by atoms with Crippen molar-refractivity contribution in [1.82, 2.24) is 4.90 Å². The Bertz CT molecular complexity index is 1410. The lowest BCUT2D eigenvalue weighted by Gasteiger charge is -2.24. The number of unbranched alkanes of at least 4 members (excludes halogenated alkanes) is 4. The smallest absolute Gasteiger partial charge is 0.389 e. The minimum Gasteiger partial charge on any atom is -0.508 e. The standard InChI is InChI=1S/C35H46F5NO3S/c36-27-15-17-33(34(37)25-27)32-14-7-10-26-24-29(42)16-18-30(26)31(32)13-3-1-2-5-20-41-21-8-11-28(41)12-9-23-45(43,44)22-6-4-19-35(38,39)40/h15-18,24-25,28,42H,1-14,19-23H2. The van der Waals surface area contributed by atoms with E-state index in [1.165, 1.54) is 12.1 Å². The molecule has 10 heteroatoms. The third-order valence-corrected chi connectivity index (χ3v) is 11.0. The van der Waals surface area contributed by atoms with E-state index in [1.54, 1.807) is 12.1 Å². The van der Waals surface area contributed by atoms with Crippen molar-refractivity contribution in [2.45, 2.75) is 109 Å². The molecular formula is C35H46F5NO3S. The van der Waals surface area contributed by atoms with Gasteiger partial charge >= 0.3 is 6.18 Å². The van der Waals surface area contributed by atoms with Crippen LogP contribution in [0.3, 0.4) is 0 Å². The molecule has 1 aliphatic carbocycles. The second kappa shape index (κ2) is 16.4. The highest BCUT2D eigenvalue weighted by Gasteiger charge is 2.27. The van der Waals surface area contributed by atoms with E-state index in [0.717, 1.165) is 106 Å². The van der Waals surface area contributed by atoms with Crippen LogP contribution in [0.4, 0.5) is 22.0 Å². The highest BCUT2D eigenvalue weighted by Crippen LogP contribution is 2.40. The van der Waals surface area contributed by atoms with E-state index in [-0.39, 0.29) is 30.1 Å². The molecule has 0 spiro atoms. The van der Waals surface area contributed by atoms with E-state index in [0.29, 0.717) is 24.4 Å². The number of rotatable bonds is 16. The van der Waals surface area contributed by atoms with Crippen molar-refractivity contribution in [3.63, 3.8) is 0 Å². The second-order valence-corrected chi connectivity index (χ2v) is 14.9. The summed E-state index contributed by atoms with van der Waals surface area (Å²) in [5, 5.41) is 10.1. The van der Waals surface area contributed by atoms with Crippen LogP contribution in [0, 0.1) is 11.6 Å². The molecule has 1 aliphatic heterocycles. The number of aryl methyl sites for hydroxylation is 1. The third-order valence-electron chi connectivity index (χ3n) is 9.19. The summed E-state index contributed by atoms with van der Waals surface area (Å²) in [6, 6.07) is 9.51. The lowest BCUT2D eigenvalue weighted by Crippen LogP contribution is -2.30. The first kappa shape index (κ1) is 35.4. The zero-order valence-electron chi connectivity index (χ0n) is 26.0. The van der Waals surface area contributed by atoms with E-state index < -0.39 is 34.1 Å². The predicted octanol–water partition coefficient (Wildman–Crippen LogP) is 9.26. The fraction of sp³-hybridized carbons (Fsp3) is 0.600. The van der Waals surface area contributed by atoms with Crippen LogP contribution < -0.4 is 0 Å². The normalized spacial score (nSPS) is 17.9. The fourth-order valence-electron chi connectivity index (χ4n) is 6.94. The van der Waals surface area contributed by atoms with Crippen LogP contribution in [0.15, 0.2) is 36.4 Å². The number of fused-ring (bicyclic) bond motifs is 1. The van der Waals surface area contributed by atoms with E-state index in [9.17, 15) is 35.5 Å². The van der Waals surface area contributed by atoms with E-state index in [4.69, 9.17) is 0 Å². The van der Waals surface area contributed by atoms with Crippen LogP contribution in [0.25, 0.3) is 11.1 Å². The lowest BCUT2D eigenvalue weighted by atomic mass is 9.88. The van der Waals surface area contributed by atoms with Gasteiger partial charge in [0.2, 0.25) is 0 Å². The molecule has 0 amide bonds. The molecule has 0 bridgehead atoms. The molecule has 45 heavy (non-hydrogen) atoms. The number of hydrogen-bond acceptors (Lipinski definition) is 4. The zero-order valence-corrected chi connectivity index (χ0v) is 26.8. The molecule has 1 saturated heterocycles. The molecule has 0 aromatic heterocycles. The number of phenols is 1. The predicted molar refractivity (Wildman–Crippen MR) is 170 cm³/mol. The Morgan fingerprint density at radius 3 is 2.38 bits per heavy atom. The van der Waals surface area contributed by atoms with Crippen molar-refractivity contribution in [3.05, 3.63) is 64.7 Å². The maximum atomic E-state index is 14.9. The van der Waals surface area contributed by atoms with Crippen LogP contribution in [0.2, 0.25) is 0 Å². The van der Waals surface area contributed by atoms with Gasteiger partial charge in [0.25, 0.3) is 0 Å². The summed E-state index contributed by atoms with van der Waals surface area (Å²) in [5.74, 6) is -1.08. The summed E-state index contributed by atoms with van der Waals surface area (Å²) in [7, 11) is -3.33. The van der Waals surface area contributed by atoms with E-state index >= 15 is 0 Å². The maximum Gasteiger partial charge on any atom is 0.389 e. The molecular weight excluding hydrogens is 609 g/mol. The second-order valence-electron chi connectivity index (χ2n) is 12.6. The zero-order chi connectivity index (χ0) is 32.5. The van der Waals surface area contributed by atoms with Crippen molar-refractivity contribution in [2.24, 2.45) is 0 Å². The Labute approximate surface area is 264 Å². The van der Waals surface area contributed by atoms with Gasteiger partial charge in [-0.1, -0.05) is 18.9 Å². The molecule has 250 valence electrons. The summed E-state index contributed by atoms with van der Waals surface area (Å²) in [5.41, 5.74) is 4.52. The molecule has 1 unspecified atom stereocenters. The number of likely N-dealkylation sites (tertiary alicyclic amines) is 1. The molecule has 2 aromatic carbocycles. The Hall–Kier alpha value is -2.46.